The van der Waals surface area contributed by atoms with Crippen molar-refractivity contribution in [2.45, 2.75) is 38.6 Å². The monoisotopic (exact) mass is 406 g/mol. The standard InChI is InChI=1S/C14H22N4S.HI/c1-3-13-17-12(10-19-13)8-9-16-14(15-2)18-11-6-4-5-7-11;/h4-5,10-11H,3,6-9H2,1-2H3,(H2,15,16,18);1H. The first-order valence-corrected chi connectivity index (χ1v) is 7.75. The average molecular weight is 406 g/mol. The number of nitrogens with zero attached hydrogens (tertiary/aromatic N) is 2. The summed E-state index contributed by atoms with van der Waals surface area (Å²) in [5.41, 5.74) is 1.17. The Morgan fingerprint density at radius 3 is 2.80 bits per heavy atom. The summed E-state index contributed by atoms with van der Waals surface area (Å²) in [4.78, 5) is 8.82. The Morgan fingerprint density at radius 1 is 1.45 bits per heavy atom. The smallest absolute Gasteiger partial charge is 0.191 e. The lowest BCUT2D eigenvalue weighted by Gasteiger charge is -2.16. The molecule has 0 fully saturated rings. The number of aliphatic imine (C=N–C) groups is 1. The van der Waals surface area contributed by atoms with E-state index in [0.717, 1.165) is 38.2 Å². The van der Waals surface area contributed by atoms with Crippen LogP contribution in [0.4, 0.5) is 0 Å². The quantitative estimate of drug-likeness (QED) is 0.342. The second-order valence-corrected chi connectivity index (χ2v) is 5.56. The Bertz CT molecular complexity index is 448. The molecular formula is C14H23IN4S. The van der Waals surface area contributed by atoms with Gasteiger partial charge in [0.2, 0.25) is 0 Å². The molecule has 1 heterocycles. The third-order valence-corrected chi connectivity index (χ3v) is 4.19. The molecule has 0 spiro atoms. The van der Waals surface area contributed by atoms with E-state index in [0.29, 0.717) is 6.04 Å². The van der Waals surface area contributed by atoms with E-state index in [1.54, 1.807) is 11.3 Å². The number of aryl methyl sites for hydroxylation is 1. The van der Waals surface area contributed by atoms with Crippen LogP contribution in [0.15, 0.2) is 22.5 Å². The maximum Gasteiger partial charge on any atom is 0.191 e. The molecule has 0 aliphatic heterocycles. The molecule has 0 atom stereocenters. The van der Waals surface area contributed by atoms with Gasteiger partial charge in [-0.25, -0.2) is 4.98 Å². The lowest BCUT2D eigenvalue weighted by molar-refractivity contribution is 0.632. The van der Waals surface area contributed by atoms with E-state index in [4.69, 9.17) is 0 Å². The van der Waals surface area contributed by atoms with Gasteiger partial charge >= 0.3 is 0 Å². The SMILES string of the molecule is CCc1nc(CCNC(=NC)NC2CC=CC2)cs1.I. The minimum absolute atomic E-state index is 0. The minimum atomic E-state index is 0. The number of rotatable bonds is 5. The fourth-order valence-electron chi connectivity index (χ4n) is 2.06. The number of hydrogen-bond donors (Lipinski definition) is 2. The highest BCUT2D eigenvalue weighted by Gasteiger charge is 2.11. The number of hydrogen-bond acceptors (Lipinski definition) is 3. The predicted molar refractivity (Wildman–Crippen MR) is 97.3 cm³/mol. The first kappa shape index (κ1) is 17.4. The van der Waals surface area contributed by atoms with E-state index < -0.39 is 0 Å². The molecule has 2 rings (SSSR count). The molecule has 1 aliphatic carbocycles. The summed E-state index contributed by atoms with van der Waals surface area (Å²) in [7, 11) is 1.82. The summed E-state index contributed by atoms with van der Waals surface area (Å²) < 4.78 is 0. The van der Waals surface area contributed by atoms with Crippen molar-refractivity contribution in [3.63, 3.8) is 0 Å². The van der Waals surface area contributed by atoms with Crippen LogP contribution in [-0.4, -0.2) is 30.6 Å². The van der Waals surface area contributed by atoms with Crippen LogP contribution in [0.5, 0.6) is 0 Å². The van der Waals surface area contributed by atoms with Crippen molar-refractivity contribution in [3.8, 4) is 0 Å². The molecule has 1 aromatic heterocycles. The first-order chi connectivity index (χ1) is 9.31. The summed E-state index contributed by atoms with van der Waals surface area (Å²) in [5.74, 6) is 0.889. The summed E-state index contributed by atoms with van der Waals surface area (Å²) in [5, 5.41) is 10.1. The third kappa shape index (κ3) is 5.40. The van der Waals surface area contributed by atoms with Crippen LogP contribution in [0.2, 0.25) is 0 Å². The molecule has 112 valence electrons. The Labute approximate surface area is 142 Å². The molecule has 4 nitrogen and oxygen atoms in total. The van der Waals surface area contributed by atoms with Crippen LogP contribution in [0, 0.1) is 0 Å². The van der Waals surface area contributed by atoms with Crippen molar-refractivity contribution in [1.82, 2.24) is 15.6 Å². The van der Waals surface area contributed by atoms with Gasteiger partial charge in [-0.3, -0.25) is 4.99 Å². The van der Waals surface area contributed by atoms with E-state index in [1.165, 1.54) is 10.7 Å². The fraction of sp³-hybridized carbons (Fsp3) is 0.571. The second kappa shape index (κ2) is 9.33. The molecule has 20 heavy (non-hydrogen) atoms. The molecule has 0 radical (unpaired) electrons. The lowest BCUT2D eigenvalue weighted by Crippen LogP contribution is -2.43. The summed E-state index contributed by atoms with van der Waals surface area (Å²) in [6, 6.07) is 0.497. The van der Waals surface area contributed by atoms with Crippen LogP contribution in [-0.2, 0) is 12.8 Å². The maximum absolute atomic E-state index is 4.56. The molecule has 2 N–H and O–H groups in total. The molecule has 1 aliphatic rings. The zero-order valence-electron chi connectivity index (χ0n) is 12.1. The van der Waals surface area contributed by atoms with Gasteiger partial charge in [0.25, 0.3) is 0 Å². The Hall–Kier alpha value is -0.630. The van der Waals surface area contributed by atoms with Crippen LogP contribution >= 0.6 is 35.3 Å². The summed E-state index contributed by atoms with van der Waals surface area (Å²) in [6.07, 6.45) is 8.58. The van der Waals surface area contributed by atoms with Crippen molar-refractivity contribution < 1.29 is 0 Å². The van der Waals surface area contributed by atoms with Crippen molar-refractivity contribution in [2.24, 2.45) is 4.99 Å². The van der Waals surface area contributed by atoms with Crippen LogP contribution < -0.4 is 10.6 Å². The van der Waals surface area contributed by atoms with Gasteiger partial charge in [-0.2, -0.15) is 0 Å². The largest absolute Gasteiger partial charge is 0.356 e. The highest BCUT2D eigenvalue weighted by Crippen LogP contribution is 2.10. The molecule has 1 aromatic rings. The number of nitrogens with one attached hydrogen (secondary N) is 2. The van der Waals surface area contributed by atoms with Crippen LogP contribution in [0.1, 0.15) is 30.5 Å². The predicted octanol–water partition coefficient (Wildman–Crippen LogP) is 2.75. The van der Waals surface area contributed by atoms with E-state index in [1.807, 2.05) is 7.05 Å². The van der Waals surface area contributed by atoms with Gasteiger partial charge in [-0.15, -0.1) is 35.3 Å². The molecular weight excluding hydrogens is 383 g/mol. The molecule has 0 saturated heterocycles. The van der Waals surface area contributed by atoms with E-state index in [2.05, 4.69) is 45.1 Å². The minimum Gasteiger partial charge on any atom is -0.356 e. The Kier molecular flexibility index (Phi) is 8.13. The Morgan fingerprint density at radius 2 is 2.20 bits per heavy atom. The van der Waals surface area contributed by atoms with Crippen molar-refractivity contribution in [3.05, 3.63) is 28.2 Å². The Balaban J connectivity index is 0.00000200. The first-order valence-electron chi connectivity index (χ1n) is 6.87. The summed E-state index contributed by atoms with van der Waals surface area (Å²) in [6.45, 7) is 3.01. The molecule has 6 heteroatoms. The van der Waals surface area contributed by atoms with Crippen molar-refractivity contribution in [1.29, 1.82) is 0 Å². The number of thiazole rings is 1. The van der Waals surface area contributed by atoms with Gasteiger partial charge in [-0.1, -0.05) is 19.1 Å². The maximum atomic E-state index is 4.56. The zero-order chi connectivity index (χ0) is 13.5. The van der Waals surface area contributed by atoms with Gasteiger partial charge in [0, 0.05) is 31.4 Å². The van der Waals surface area contributed by atoms with Gasteiger partial charge in [0.1, 0.15) is 0 Å². The number of guanidine groups is 1. The van der Waals surface area contributed by atoms with Gasteiger partial charge in [0.15, 0.2) is 5.96 Å². The normalized spacial score (nSPS) is 15.2. The zero-order valence-corrected chi connectivity index (χ0v) is 15.2. The number of halogens is 1. The summed E-state index contributed by atoms with van der Waals surface area (Å²) >= 11 is 1.75. The highest BCUT2D eigenvalue weighted by atomic mass is 127. The van der Waals surface area contributed by atoms with E-state index >= 15 is 0 Å². The van der Waals surface area contributed by atoms with Gasteiger partial charge < -0.3 is 10.6 Å². The molecule has 0 aromatic carbocycles. The van der Waals surface area contributed by atoms with Gasteiger partial charge in [0.05, 0.1) is 10.7 Å². The van der Waals surface area contributed by atoms with E-state index in [9.17, 15) is 0 Å². The average Bonchev–Trinajstić information content (AvgIpc) is 3.08. The van der Waals surface area contributed by atoms with Crippen LogP contribution in [0.3, 0.4) is 0 Å². The topological polar surface area (TPSA) is 49.3 Å². The molecule has 0 amide bonds. The number of aromatic nitrogens is 1. The van der Waals surface area contributed by atoms with Crippen molar-refractivity contribution >= 4 is 41.3 Å². The lowest BCUT2D eigenvalue weighted by atomic mass is 10.2. The van der Waals surface area contributed by atoms with Crippen molar-refractivity contribution in [2.75, 3.05) is 13.6 Å². The molecule has 0 bridgehead atoms. The molecule has 0 unspecified atom stereocenters. The van der Waals surface area contributed by atoms with E-state index in [-0.39, 0.29) is 24.0 Å². The highest BCUT2D eigenvalue weighted by molar-refractivity contribution is 14.0. The van der Waals surface area contributed by atoms with Crippen LogP contribution in [0.25, 0.3) is 0 Å². The fourth-order valence-corrected chi connectivity index (χ4v) is 2.84. The second-order valence-electron chi connectivity index (χ2n) is 4.62. The van der Waals surface area contributed by atoms with Gasteiger partial charge in [-0.05, 0) is 19.3 Å². The molecule has 0 saturated carbocycles. The third-order valence-electron chi connectivity index (χ3n) is 3.15.